The lowest BCUT2D eigenvalue weighted by atomic mass is 10.1. The first-order valence-corrected chi connectivity index (χ1v) is 7.76. The molecule has 0 fully saturated rings. The second-order valence-electron chi connectivity index (χ2n) is 4.64. The van der Waals surface area contributed by atoms with Crippen LogP contribution in [0.25, 0.3) is 10.8 Å². The third-order valence-corrected chi connectivity index (χ3v) is 4.35. The van der Waals surface area contributed by atoms with Gasteiger partial charge in [0.25, 0.3) is 10.0 Å². The molecule has 0 aliphatic heterocycles. The Morgan fingerprint density at radius 1 is 1.14 bits per heavy atom. The highest BCUT2D eigenvalue weighted by Crippen LogP contribution is 2.29. The summed E-state index contributed by atoms with van der Waals surface area (Å²) in [5, 5.41) is 9.94. The first-order valence-electron chi connectivity index (χ1n) is 6.28. The number of rotatable bonds is 5. The molecule has 0 unspecified atom stereocenters. The van der Waals surface area contributed by atoms with Crippen molar-refractivity contribution in [3.05, 3.63) is 36.4 Å². The van der Waals surface area contributed by atoms with Gasteiger partial charge in [-0.1, -0.05) is 24.3 Å². The summed E-state index contributed by atoms with van der Waals surface area (Å²) in [5.41, 5.74) is 3.31. The summed E-state index contributed by atoms with van der Waals surface area (Å²) in [7, 11) is 0.0785. The average molecular weight is 304 g/mol. The van der Waals surface area contributed by atoms with E-state index in [1.54, 1.807) is 12.1 Å². The fourth-order valence-corrected chi connectivity index (χ4v) is 3.21. The van der Waals surface area contributed by atoms with Crippen LogP contribution in [0.15, 0.2) is 41.3 Å². The number of anilines is 1. The van der Waals surface area contributed by atoms with Crippen LogP contribution in [0.4, 0.5) is 5.69 Å². The van der Waals surface area contributed by atoms with E-state index in [0.29, 0.717) is 5.39 Å². The summed E-state index contributed by atoms with van der Waals surface area (Å²) >= 11 is 0. The quantitative estimate of drug-likeness (QED) is 0.493. The number of hydrazine groups is 1. The largest absolute Gasteiger partial charge is 0.377 e. The molecule has 0 aliphatic carbocycles. The van der Waals surface area contributed by atoms with Gasteiger partial charge in [0.05, 0.1) is 17.5 Å². The van der Waals surface area contributed by atoms with Crippen molar-refractivity contribution in [3.8, 4) is 6.07 Å². The molecule has 0 radical (unpaired) electrons. The molecular formula is C14H16N4O2S. The van der Waals surface area contributed by atoms with Crippen LogP contribution in [0.2, 0.25) is 0 Å². The van der Waals surface area contributed by atoms with Gasteiger partial charge in [0.2, 0.25) is 0 Å². The van der Waals surface area contributed by atoms with Gasteiger partial charge in [0.15, 0.2) is 0 Å². The van der Waals surface area contributed by atoms with E-state index >= 15 is 0 Å². The first kappa shape index (κ1) is 15.3. The topological polar surface area (TPSA) is 85.2 Å². The van der Waals surface area contributed by atoms with E-state index in [0.717, 1.165) is 11.1 Å². The SMILES string of the molecule is CN(C)c1cccc2c(S(=O)(=O)NNCC#N)cccc12. The third-order valence-electron chi connectivity index (χ3n) is 3.00. The van der Waals surface area contributed by atoms with Crippen LogP contribution in [0.5, 0.6) is 0 Å². The van der Waals surface area contributed by atoms with Crippen molar-refractivity contribution >= 4 is 26.5 Å². The highest BCUT2D eigenvalue weighted by Gasteiger charge is 2.17. The van der Waals surface area contributed by atoms with Crippen molar-refractivity contribution in [1.82, 2.24) is 10.3 Å². The van der Waals surface area contributed by atoms with Crippen molar-refractivity contribution in [2.75, 3.05) is 25.5 Å². The number of fused-ring (bicyclic) bond motifs is 1. The van der Waals surface area contributed by atoms with Crippen LogP contribution >= 0.6 is 0 Å². The van der Waals surface area contributed by atoms with Crippen molar-refractivity contribution in [3.63, 3.8) is 0 Å². The van der Waals surface area contributed by atoms with Gasteiger partial charge >= 0.3 is 0 Å². The van der Waals surface area contributed by atoms with Crippen LogP contribution in [0.1, 0.15) is 0 Å². The summed E-state index contributed by atoms with van der Waals surface area (Å²) < 4.78 is 24.6. The van der Waals surface area contributed by atoms with Crippen molar-refractivity contribution in [2.24, 2.45) is 0 Å². The van der Waals surface area contributed by atoms with Crippen LogP contribution in [0, 0.1) is 11.3 Å². The summed E-state index contributed by atoms with van der Waals surface area (Å²) in [4.78, 5) is 4.31. The van der Waals surface area contributed by atoms with Crippen molar-refractivity contribution in [1.29, 1.82) is 5.26 Å². The van der Waals surface area contributed by atoms with Gasteiger partial charge in [0.1, 0.15) is 0 Å². The molecule has 0 saturated carbocycles. The van der Waals surface area contributed by atoms with Gasteiger partial charge < -0.3 is 4.90 Å². The summed E-state index contributed by atoms with van der Waals surface area (Å²) in [6.07, 6.45) is 0. The van der Waals surface area contributed by atoms with Crippen LogP contribution in [-0.2, 0) is 10.0 Å². The van der Waals surface area contributed by atoms with E-state index in [9.17, 15) is 8.42 Å². The molecule has 0 spiro atoms. The molecule has 0 bridgehead atoms. The molecule has 0 heterocycles. The number of hydrogen-bond donors (Lipinski definition) is 2. The number of sulfonamides is 1. The minimum atomic E-state index is -3.73. The first-order chi connectivity index (χ1) is 9.97. The summed E-state index contributed by atoms with van der Waals surface area (Å²) in [5.74, 6) is 0. The predicted molar refractivity (Wildman–Crippen MR) is 82.2 cm³/mol. The highest BCUT2D eigenvalue weighted by atomic mass is 32.2. The molecule has 0 aliphatic rings. The maximum Gasteiger partial charge on any atom is 0.253 e. The van der Waals surface area contributed by atoms with Crippen LogP contribution in [-0.4, -0.2) is 29.1 Å². The molecule has 6 nitrogen and oxygen atoms in total. The number of nitrogens with one attached hydrogen (secondary N) is 2. The second-order valence-corrected chi connectivity index (χ2v) is 6.29. The number of hydrogen-bond acceptors (Lipinski definition) is 5. The Labute approximate surface area is 124 Å². The third kappa shape index (κ3) is 3.13. The zero-order valence-electron chi connectivity index (χ0n) is 11.8. The lowest BCUT2D eigenvalue weighted by Crippen LogP contribution is -2.37. The lowest BCUT2D eigenvalue weighted by molar-refractivity contribution is 0.566. The van der Waals surface area contributed by atoms with E-state index in [1.165, 1.54) is 6.07 Å². The summed E-state index contributed by atoms with van der Waals surface area (Å²) in [6, 6.07) is 12.4. The molecule has 0 amide bonds. The standard InChI is InChI=1S/C14H16N4O2S/c1-18(2)13-7-3-6-12-11(13)5-4-8-14(12)21(19,20)17-16-10-9-15/h3-8,16-17H,10H2,1-2H3. The van der Waals surface area contributed by atoms with Crippen molar-refractivity contribution in [2.45, 2.75) is 4.90 Å². The molecule has 110 valence electrons. The molecule has 2 N–H and O–H groups in total. The Bertz CT molecular complexity index is 794. The molecule has 7 heteroatoms. The molecular weight excluding hydrogens is 288 g/mol. The molecule has 2 aromatic carbocycles. The number of nitriles is 1. The van der Waals surface area contributed by atoms with E-state index in [4.69, 9.17) is 5.26 Å². The Hall–Kier alpha value is -2.14. The fourth-order valence-electron chi connectivity index (χ4n) is 2.11. The minimum Gasteiger partial charge on any atom is -0.377 e. The van der Waals surface area contributed by atoms with Gasteiger partial charge in [-0.25, -0.2) is 13.8 Å². The molecule has 21 heavy (non-hydrogen) atoms. The minimum absolute atomic E-state index is 0.104. The molecule has 2 rings (SSSR count). The zero-order valence-corrected chi connectivity index (χ0v) is 12.6. The van der Waals surface area contributed by atoms with E-state index in [1.807, 2.05) is 43.3 Å². The van der Waals surface area contributed by atoms with Crippen LogP contribution < -0.4 is 15.2 Å². The summed E-state index contributed by atoms with van der Waals surface area (Å²) in [6.45, 7) is -0.104. The molecule has 0 saturated heterocycles. The molecule has 0 atom stereocenters. The maximum absolute atomic E-state index is 12.3. The van der Waals surface area contributed by atoms with Gasteiger partial charge in [0, 0.05) is 30.6 Å². The van der Waals surface area contributed by atoms with Crippen LogP contribution in [0.3, 0.4) is 0 Å². The number of benzene rings is 2. The highest BCUT2D eigenvalue weighted by molar-refractivity contribution is 7.89. The zero-order chi connectivity index (χ0) is 15.5. The maximum atomic E-state index is 12.3. The van der Waals surface area contributed by atoms with E-state index in [-0.39, 0.29) is 11.4 Å². The van der Waals surface area contributed by atoms with Gasteiger partial charge in [-0.05, 0) is 12.1 Å². The predicted octanol–water partition coefficient (Wildman–Crippen LogP) is 1.21. The monoisotopic (exact) mass is 304 g/mol. The lowest BCUT2D eigenvalue weighted by Gasteiger charge is -2.17. The van der Waals surface area contributed by atoms with E-state index in [2.05, 4.69) is 10.3 Å². The van der Waals surface area contributed by atoms with Gasteiger partial charge in [-0.15, -0.1) is 4.83 Å². The van der Waals surface area contributed by atoms with Gasteiger partial charge in [-0.2, -0.15) is 5.26 Å². The van der Waals surface area contributed by atoms with E-state index < -0.39 is 10.0 Å². The Morgan fingerprint density at radius 3 is 2.48 bits per heavy atom. The smallest absolute Gasteiger partial charge is 0.253 e. The Kier molecular flexibility index (Phi) is 4.43. The fraction of sp³-hybridized carbons (Fsp3) is 0.214. The molecule has 2 aromatic rings. The van der Waals surface area contributed by atoms with Crippen molar-refractivity contribution < 1.29 is 8.42 Å². The Balaban J connectivity index is 2.56. The Morgan fingerprint density at radius 2 is 1.81 bits per heavy atom. The average Bonchev–Trinajstić information content (AvgIpc) is 2.46. The number of nitrogens with zero attached hydrogens (tertiary/aromatic N) is 2. The van der Waals surface area contributed by atoms with Gasteiger partial charge in [-0.3, -0.25) is 0 Å². The normalized spacial score (nSPS) is 11.3. The molecule has 0 aromatic heterocycles. The second kappa shape index (κ2) is 6.10.